The quantitative estimate of drug-likeness (QED) is 0.660. The van der Waals surface area contributed by atoms with E-state index in [0.29, 0.717) is 13.0 Å². The highest BCUT2D eigenvalue weighted by atomic mass is 19.1. The molecule has 0 bridgehead atoms. The lowest BCUT2D eigenvalue weighted by molar-refractivity contribution is -0.117. The lowest BCUT2D eigenvalue weighted by Crippen LogP contribution is -2.20. The zero-order chi connectivity index (χ0) is 18.9. The second-order valence-corrected chi connectivity index (χ2v) is 8.08. The van der Waals surface area contributed by atoms with E-state index in [4.69, 9.17) is 0 Å². The summed E-state index contributed by atoms with van der Waals surface area (Å²) in [5.74, 6) is -0.191. The van der Waals surface area contributed by atoms with Crippen molar-refractivity contribution in [1.82, 2.24) is 4.57 Å². The van der Waals surface area contributed by atoms with Gasteiger partial charge in [-0.3, -0.25) is 4.79 Å². The molecule has 0 saturated heterocycles. The van der Waals surface area contributed by atoms with Crippen molar-refractivity contribution >= 4 is 22.5 Å². The molecule has 26 heavy (non-hydrogen) atoms. The molecule has 3 aromatic rings. The third-order valence-electron chi connectivity index (χ3n) is 4.35. The van der Waals surface area contributed by atoms with E-state index in [2.05, 4.69) is 36.7 Å². The monoisotopic (exact) mass is 352 g/mol. The van der Waals surface area contributed by atoms with Crippen LogP contribution in [0.15, 0.2) is 48.7 Å². The molecule has 0 radical (unpaired) electrons. The highest BCUT2D eigenvalue weighted by Gasteiger charge is 2.17. The number of rotatable bonds is 4. The Kier molecular flexibility index (Phi) is 4.86. The number of nitrogens with zero attached hydrogens (tertiary/aromatic N) is 1. The van der Waals surface area contributed by atoms with Gasteiger partial charge >= 0.3 is 0 Å². The lowest BCUT2D eigenvalue weighted by Gasteiger charge is -2.18. The number of halogens is 1. The van der Waals surface area contributed by atoms with Gasteiger partial charge in [0.1, 0.15) is 5.82 Å². The molecule has 0 fully saturated rings. The molecule has 136 valence electrons. The number of hydrogen-bond donors (Lipinski definition) is 1. The number of anilines is 1. The molecular formula is C22H25FN2O. The van der Waals surface area contributed by atoms with Crippen molar-refractivity contribution in [3.05, 3.63) is 65.6 Å². The van der Waals surface area contributed by atoms with Crippen molar-refractivity contribution in [2.24, 2.45) is 5.41 Å². The van der Waals surface area contributed by atoms with Crippen LogP contribution in [0.4, 0.5) is 10.1 Å². The maximum Gasteiger partial charge on any atom is 0.224 e. The molecule has 3 rings (SSSR count). The summed E-state index contributed by atoms with van der Waals surface area (Å²) in [7, 11) is 0. The second kappa shape index (κ2) is 6.94. The maximum atomic E-state index is 13.1. The topological polar surface area (TPSA) is 34.0 Å². The normalized spacial score (nSPS) is 11.7. The summed E-state index contributed by atoms with van der Waals surface area (Å²) < 4.78 is 15.2. The first kappa shape index (κ1) is 18.2. The summed E-state index contributed by atoms with van der Waals surface area (Å²) in [5, 5.41) is 4.11. The number of fused-ring (bicyclic) bond motifs is 1. The first-order valence-corrected chi connectivity index (χ1v) is 8.85. The molecule has 0 aliphatic carbocycles. The molecule has 1 amide bonds. The van der Waals surface area contributed by atoms with Crippen LogP contribution in [-0.2, 0) is 11.3 Å². The van der Waals surface area contributed by atoms with E-state index in [1.54, 1.807) is 12.1 Å². The van der Waals surface area contributed by atoms with Gasteiger partial charge in [-0.05, 0) is 53.8 Å². The highest BCUT2D eigenvalue weighted by Crippen LogP contribution is 2.27. The van der Waals surface area contributed by atoms with Crippen molar-refractivity contribution in [3.63, 3.8) is 0 Å². The summed E-state index contributed by atoms with van der Waals surface area (Å²) in [5.41, 5.74) is 3.98. The molecule has 0 aliphatic rings. The first-order valence-electron chi connectivity index (χ1n) is 8.85. The maximum absolute atomic E-state index is 13.1. The first-order chi connectivity index (χ1) is 12.2. The number of carbonyl (C=O) groups excluding carboxylic acids is 1. The van der Waals surface area contributed by atoms with Gasteiger partial charge in [0, 0.05) is 35.8 Å². The number of carbonyl (C=O) groups is 1. The van der Waals surface area contributed by atoms with E-state index < -0.39 is 0 Å². The smallest absolute Gasteiger partial charge is 0.224 e. The Morgan fingerprint density at radius 2 is 1.81 bits per heavy atom. The third-order valence-corrected chi connectivity index (χ3v) is 4.35. The van der Waals surface area contributed by atoms with Crippen LogP contribution in [-0.4, -0.2) is 10.5 Å². The standard InChI is InChI=1S/C22H25FN2O/c1-15-11-20-17(12-19(15)24-21(26)13-22(2,3)4)9-10-25(20)14-16-5-7-18(23)8-6-16/h5-12H,13-14H2,1-4H3,(H,24,26). The molecule has 3 nitrogen and oxygen atoms in total. The van der Waals surface area contributed by atoms with E-state index in [-0.39, 0.29) is 17.1 Å². The minimum absolute atomic E-state index is 0.0331. The molecule has 1 aromatic heterocycles. The van der Waals surface area contributed by atoms with Crippen molar-refractivity contribution in [3.8, 4) is 0 Å². The largest absolute Gasteiger partial charge is 0.343 e. The van der Waals surface area contributed by atoms with Crippen molar-refractivity contribution in [1.29, 1.82) is 0 Å². The molecule has 1 heterocycles. The van der Waals surface area contributed by atoms with Crippen LogP contribution in [0.3, 0.4) is 0 Å². The van der Waals surface area contributed by atoms with E-state index in [1.165, 1.54) is 12.1 Å². The van der Waals surface area contributed by atoms with Crippen LogP contribution >= 0.6 is 0 Å². The fraction of sp³-hybridized carbons (Fsp3) is 0.318. The minimum atomic E-state index is -0.224. The highest BCUT2D eigenvalue weighted by molar-refractivity contribution is 5.95. The number of amides is 1. The van der Waals surface area contributed by atoms with Gasteiger partial charge in [-0.25, -0.2) is 4.39 Å². The van der Waals surface area contributed by atoms with Gasteiger partial charge < -0.3 is 9.88 Å². The minimum Gasteiger partial charge on any atom is -0.343 e. The zero-order valence-electron chi connectivity index (χ0n) is 15.8. The predicted molar refractivity (Wildman–Crippen MR) is 105 cm³/mol. The Balaban J connectivity index is 1.84. The fourth-order valence-corrected chi connectivity index (χ4v) is 3.08. The number of aromatic nitrogens is 1. The fourth-order valence-electron chi connectivity index (χ4n) is 3.08. The third kappa shape index (κ3) is 4.31. The number of benzene rings is 2. The Morgan fingerprint density at radius 3 is 2.46 bits per heavy atom. The number of aryl methyl sites for hydroxylation is 1. The molecule has 0 atom stereocenters. The average Bonchev–Trinajstić information content (AvgIpc) is 2.90. The number of hydrogen-bond acceptors (Lipinski definition) is 1. The molecule has 0 unspecified atom stereocenters. The predicted octanol–water partition coefficient (Wildman–Crippen LogP) is 5.51. The van der Waals surface area contributed by atoms with Gasteiger partial charge in [0.2, 0.25) is 5.91 Å². The average molecular weight is 352 g/mol. The molecule has 2 aromatic carbocycles. The Morgan fingerprint density at radius 1 is 1.12 bits per heavy atom. The van der Waals surface area contributed by atoms with Crippen molar-refractivity contribution < 1.29 is 9.18 Å². The second-order valence-electron chi connectivity index (χ2n) is 8.08. The van der Waals surface area contributed by atoms with E-state index in [0.717, 1.165) is 27.7 Å². The summed E-state index contributed by atoms with van der Waals surface area (Å²) in [6.07, 6.45) is 2.50. The van der Waals surface area contributed by atoms with Gasteiger partial charge in [-0.2, -0.15) is 0 Å². The van der Waals surface area contributed by atoms with Gasteiger partial charge in [-0.15, -0.1) is 0 Å². The Hall–Kier alpha value is -2.62. The molecule has 4 heteroatoms. The van der Waals surface area contributed by atoms with E-state index in [1.807, 2.05) is 25.3 Å². The van der Waals surface area contributed by atoms with Gasteiger partial charge in [-0.1, -0.05) is 32.9 Å². The van der Waals surface area contributed by atoms with Crippen LogP contribution in [0.25, 0.3) is 10.9 Å². The van der Waals surface area contributed by atoms with Gasteiger partial charge in [0.05, 0.1) is 0 Å². The van der Waals surface area contributed by atoms with Gasteiger partial charge in [0.25, 0.3) is 0 Å². The Labute approximate surface area is 153 Å². The zero-order valence-corrected chi connectivity index (χ0v) is 15.8. The van der Waals surface area contributed by atoms with Crippen LogP contribution in [0.2, 0.25) is 0 Å². The lowest BCUT2D eigenvalue weighted by atomic mass is 9.92. The molecule has 1 N–H and O–H groups in total. The van der Waals surface area contributed by atoms with Crippen molar-refractivity contribution in [2.45, 2.75) is 40.7 Å². The molecule has 0 aliphatic heterocycles. The van der Waals surface area contributed by atoms with Crippen LogP contribution < -0.4 is 5.32 Å². The van der Waals surface area contributed by atoms with Crippen molar-refractivity contribution in [2.75, 3.05) is 5.32 Å². The molecule has 0 saturated carbocycles. The van der Waals surface area contributed by atoms with E-state index >= 15 is 0 Å². The van der Waals surface area contributed by atoms with Crippen LogP contribution in [0.5, 0.6) is 0 Å². The summed E-state index contributed by atoms with van der Waals surface area (Å²) in [6.45, 7) is 8.84. The van der Waals surface area contributed by atoms with E-state index in [9.17, 15) is 9.18 Å². The van der Waals surface area contributed by atoms with Crippen LogP contribution in [0, 0.1) is 18.2 Å². The summed E-state index contributed by atoms with van der Waals surface area (Å²) >= 11 is 0. The molecule has 0 spiro atoms. The number of nitrogens with one attached hydrogen (secondary N) is 1. The van der Waals surface area contributed by atoms with Crippen LogP contribution in [0.1, 0.15) is 38.3 Å². The summed E-state index contributed by atoms with van der Waals surface area (Å²) in [6, 6.07) is 12.7. The summed E-state index contributed by atoms with van der Waals surface area (Å²) in [4.78, 5) is 12.2. The Bertz CT molecular complexity index is 933. The van der Waals surface area contributed by atoms with Gasteiger partial charge in [0.15, 0.2) is 0 Å². The molecular weight excluding hydrogens is 327 g/mol. The SMILES string of the molecule is Cc1cc2c(ccn2Cc2ccc(F)cc2)cc1NC(=O)CC(C)(C)C.